The predicted octanol–water partition coefficient (Wildman–Crippen LogP) is 4.80. The van der Waals surface area contributed by atoms with Crippen LogP contribution in [0.25, 0.3) is 11.3 Å². The van der Waals surface area contributed by atoms with E-state index in [2.05, 4.69) is 4.98 Å². The molecule has 2 heterocycles. The Labute approximate surface area is 176 Å². The lowest BCUT2D eigenvalue weighted by Gasteiger charge is -2.12. The molecule has 0 saturated heterocycles. The first-order chi connectivity index (χ1) is 14.1. The van der Waals surface area contributed by atoms with Crippen LogP contribution in [-0.2, 0) is 21.1 Å². The molecule has 158 valence electrons. The topological polar surface area (TPSA) is 89.3 Å². The number of hydrogen-bond acceptors (Lipinski definition) is 7. The molecule has 0 aliphatic carbocycles. The molecule has 1 N–H and O–H groups in total. The van der Waals surface area contributed by atoms with Gasteiger partial charge in [0.05, 0.1) is 27.9 Å². The van der Waals surface area contributed by atoms with E-state index < -0.39 is 27.3 Å². The first-order valence-corrected chi connectivity index (χ1v) is 11.4. The minimum absolute atomic E-state index is 0.0371. The van der Waals surface area contributed by atoms with Crippen LogP contribution in [0.4, 0.5) is 8.78 Å². The number of ether oxygens (including phenoxy) is 2. The average Bonchev–Trinajstić information content (AvgIpc) is 3.06. The van der Waals surface area contributed by atoms with E-state index in [1.807, 2.05) is 0 Å². The van der Waals surface area contributed by atoms with Crippen LogP contribution in [0.2, 0.25) is 0 Å². The summed E-state index contributed by atoms with van der Waals surface area (Å²) in [6.07, 6.45) is 2.23. The first kappa shape index (κ1) is 21.8. The van der Waals surface area contributed by atoms with Crippen LogP contribution < -0.4 is 4.74 Å². The van der Waals surface area contributed by atoms with Crippen LogP contribution in [-0.4, -0.2) is 28.5 Å². The summed E-state index contributed by atoms with van der Waals surface area (Å²) in [5, 5.41) is 0. The van der Waals surface area contributed by atoms with Gasteiger partial charge in [-0.3, -0.25) is 0 Å². The highest BCUT2D eigenvalue weighted by atomic mass is 32.2. The third-order valence-corrected chi connectivity index (χ3v) is 6.32. The van der Waals surface area contributed by atoms with E-state index in [4.69, 9.17) is 14.3 Å². The number of carbonyl (C=O) groups excluding carboxylic acids is 1. The molecule has 1 unspecified atom stereocenters. The molecule has 1 atom stereocenters. The quantitative estimate of drug-likeness (QED) is 0.543. The van der Waals surface area contributed by atoms with Gasteiger partial charge in [0.25, 0.3) is 0 Å². The standard InChI is InChI=1S/C20H18F2N2O4S2/c1-11-16(8-18(29-11)20(25)27-2)19-17(7-14(22)9-24-19)28-10-12-4-13(21)6-15(5-12)30(3,23)26/h4-9,23H,10H2,1-3H3. The van der Waals surface area contributed by atoms with Gasteiger partial charge < -0.3 is 9.47 Å². The van der Waals surface area contributed by atoms with Gasteiger partial charge in [0.15, 0.2) is 0 Å². The molecule has 0 radical (unpaired) electrons. The summed E-state index contributed by atoms with van der Waals surface area (Å²) >= 11 is 1.21. The number of esters is 1. The summed E-state index contributed by atoms with van der Waals surface area (Å²) in [6.45, 7) is 1.62. The maximum Gasteiger partial charge on any atom is 0.348 e. The molecule has 0 saturated carbocycles. The highest BCUT2D eigenvalue weighted by Gasteiger charge is 2.19. The van der Waals surface area contributed by atoms with Crippen molar-refractivity contribution in [2.45, 2.75) is 18.4 Å². The molecular weight excluding hydrogens is 434 g/mol. The van der Waals surface area contributed by atoms with Crippen molar-refractivity contribution in [3.05, 3.63) is 63.5 Å². The average molecular weight is 453 g/mol. The maximum absolute atomic E-state index is 13.9. The number of aromatic nitrogens is 1. The van der Waals surface area contributed by atoms with E-state index in [9.17, 15) is 17.8 Å². The number of nitrogens with zero attached hydrogens (tertiary/aromatic N) is 1. The molecule has 0 bridgehead atoms. The van der Waals surface area contributed by atoms with Crippen molar-refractivity contribution in [3.63, 3.8) is 0 Å². The number of aryl methyl sites for hydroxylation is 1. The monoisotopic (exact) mass is 452 g/mol. The summed E-state index contributed by atoms with van der Waals surface area (Å²) in [4.78, 5) is 17.1. The third kappa shape index (κ3) is 4.82. The number of carbonyl (C=O) groups is 1. The molecule has 0 spiro atoms. The van der Waals surface area contributed by atoms with Gasteiger partial charge in [-0.1, -0.05) is 0 Å². The minimum Gasteiger partial charge on any atom is -0.487 e. The number of pyridine rings is 1. The van der Waals surface area contributed by atoms with E-state index in [0.717, 1.165) is 23.2 Å². The van der Waals surface area contributed by atoms with Gasteiger partial charge in [-0.05, 0) is 36.8 Å². The molecule has 0 amide bonds. The van der Waals surface area contributed by atoms with E-state index in [1.165, 1.54) is 36.8 Å². The molecule has 3 aromatic rings. The Balaban J connectivity index is 1.96. The van der Waals surface area contributed by atoms with Crippen molar-refractivity contribution >= 4 is 27.0 Å². The van der Waals surface area contributed by atoms with Crippen LogP contribution in [0.15, 0.2) is 41.4 Å². The second-order valence-corrected chi connectivity index (χ2v) is 9.91. The molecule has 30 heavy (non-hydrogen) atoms. The predicted molar refractivity (Wildman–Crippen MR) is 109 cm³/mol. The largest absolute Gasteiger partial charge is 0.487 e. The number of halogens is 2. The Hall–Kier alpha value is -2.85. The Morgan fingerprint density at radius 1 is 1.20 bits per heavy atom. The van der Waals surface area contributed by atoms with Gasteiger partial charge in [-0.2, -0.15) is 0 Å². The second kappa shape index (κ2) is 8.49. The summed E-state index contributed by atoms with van der Waals surface area (Å²) in [6, 6.07) is 6.37. The lowest BCUT2D eigenvalue weighted by atomic mass is 10.1. The fourth-order valence-electron chi connectivity index (χ4n) is 2.74. The highest BCUT2D eigenvalue weighted by Crippen LogP contribution is 2.36. The summed E-state index contributed by atoms with van der Waals surface area (Å²) in [5.74, 6) is -1.68. The van der Waals surface area contributed by atoms with E-state index in [0.29, 0.717) is 21.7 Å². The Morgan fingerprint density at radius 2 is 1.93 bits per heavy atom. The molecule has 3 rings (SSSR count). The smallest absolute Gasteiger partial charge is 0.348 e. The van der Waals surface area contributed by atoms with E-state index >= 15 is 0 Å². The summed E-state index contributed by atoms with van der Waals surface area (Å²) in [5.41, 5.74) is 1.23. The Kier molecular flexibility index (Phi) is 6.18. The number of rotatable bonds is 6. The van der Waals surface area contributed by atoms with Crippen molar-refractivity contribution in [3.8, 4) is 17.0 Å². The fraction of sp³-hybridized carbons (Fsp3) is 0.200. The van der Waals surface area contributed by atoms with Crippen molar-refractivity contribution in [2.24, 2.45) is 0 Å². The Bertz CT molecular complexity index is 1220. The molecule has 6 nitrogen and oxygen atoms in total. The van der Waals surface area contributed by atoms with Crippen molar-refractivity contribution in [1.82, 2.24) is 4.98 Å². The van der Waals surface area contributed by atoms with E-state index in [1.54, 1.807) is 13.0 Å². The van der Waals surface area contributed by atoms with E-state index in [-0.39, 0.29) is 17.3 Å². The molecule has 0 aliphatic heterocycles. The summed E-state index contributed by atoms with van der Waals surface area (Å²) in [7, 11) is -1.83. The van der Waals surface area contributed by atoms with Crippen LogP contribution in [0, 0.1) is 23.3 Å². The van der Waals surface area contributed by atoms with Gasteiger partial charge in [-0.25, -0.2) is 27.5 Å². The second-order valence-electron chi connectivity index (χ2n) is 6.50. The number of benzene rings is 1. The van der Waals surface area contributed by atoms with Gasteiger partial charge >= 0.3 is 5.97 Å². The molecule has 10 heteroatoms. The third-order valence-electron chi connectivity index (χ3n) is 4.15. The lowest BCUT2D eigenvalue weighted by molar-refractivity contribution is 0.0606. The number of thiophene rings is 1. The van der Waals surface area contributed by atoms with Gasteiger partial charge in [0, 0.05) is 22.8 Å². The first-order valence-electron chi connectivity index (χ1n) is 8.59. The maximum atomic E-state index is 13.9. The summed E-state index contributed by atoms with van der Waals surface area (Å²) < 4.78 is 57.7. The van der Waals surface area contributed by atoms with Crippen molar-refractivity contribution in [1.29, 1.82) is 4.78 Å². The number of hydrogen-bond donors (Lipinski definition) is 1. The zero-order chi connectivity index (χ0) is 22.1. The minimum atomic E-state index is -3.11. The van der Waals surface area contributed by atoms with Gasteiger partial charge in [0.1, 0.15) is 34.6 Å². The molecule has 0 aliphatic rings. The molecule has 2 aromatic heterocycles. The van der Waals surface area contributed by atoms with Crippen LogP contribution in [0.1, 0.15) is 20.1 Å². The SMILES string of the molecule is COC(=O)c1cc(-c2ncc(F)cc2OCc2cc(F)cc(S(C)(=N)=O)c2)c(C)s1. The zero-order valence-corrected chi connectivity index (χ0v) is 18.0. The molecule has 1 aromatic carbocycles. The van der Waals surface area contributed by atoms with Gasteiger partial charge in [-0.15, -0.1) is 11.3 Å². The highest BCUT2D eigenvalue weighted by molar-refractivity contribution is 7.91. The number of nitrogens with one attached hydrogen (secondary N) is 1. The molecular formula is C20H18F2N2O4S2. The Morgan fingerprint density at radius 3 is 2.60 bits per heavy atom. The molecule has 0 fully saturated rings. The van der Waals surface area contributed by atoms with Crippen molar-refractivity contribution < 1.29 is 27.3 Å². The van der Waals surface area contributed by atoms with Crippen molar-refractivity contribution in [2.75, 3.05) is 13.4 Å². The number of methoxy groups -OCH3 is 1. The van der Waals surface area contributed by atoms with Crippen LogP contribution in [0.5, 0.6) is 5.75 Å². The van der Waals surface area contributed by atoms with Crippen LogP contribution >= 0.6 is 11.3 Å². The lowest BCUT2D eigenvalue weighted by Crippen LogP contribution is -2.03. The fourth-order valence-corrected chi connectivity index (χ4v) is 4.39. The zero-order valence-electron chi connectivity index (χ0n) is 16.3. The normalized spacial score (nSPS) is 13.0. The van der Waals surface area contributed by atoms with Gasteiger partial charge in [0.2, 0.25) is 0 Å². The van der Waals surface area contributed by atoms with Crippen LogP contribution in [0.3, 0.4) is 0 Å².